The third kappa shape index (κ3) is 8.67. The van der Waals surface area contributed by atoms with Crippen LogP contribution in [0.1, 0.15) is 37.9 Å². The minimum atomic E-state index is -0.336. The number of ether oxygens (including phenoxy) is 2. The van der Waals surface area contributed by atoms with Gasteiger partial charge in [0.15, 0.2) is 5.82 Å². The van der Waals surface area contributed by atoms with Crippen molar-refractivity contribution in [2.24, 2.45) is 7.05 Å². The Morgan fingerprint density at radius 1 is 1.04 bits per heavy atom. The number of aryl methyl sites for hydroxylation is 1. The third-order valence-electron chi connectivity index (χ3n) is 7.67. The molecule has 1 fully saturated rings. The number of carbonyl (C=O) groups excluding carboxylic acids is 1. The van der Waals surface area contributed by atoms with Gasteiger partial charge in [0.1, 0.15) is 29.0 Å². The SMILES string of the molecule is C=CC(=O)Nc1cc(Nc2ncc(Cl)c(Nc3ccccc3OCc3nccn3C)n2)c(OC)cc1NCCNC1CCCCC1. The molecule has 2 aromatic carbocycles. The molecular formula is C33H40ClN9O3. The number of methoxy groups -OCH3 is 1. The van der Waals surface area contributed by atoms with E-state index in [2.05, 4.69) is 48.1 Å². The van der Waals surface area contributed by atoms with Gasteiger partial charge in [0.05, 0.1) is 36.1 Å². The first kappa shape index (κ1) is 32.6. The molecule has 2 heterocycles. The van der Waals surface area contributed by atoms with Crippen molar-refractivity contribution >= 4 is 52.0 Å². The van der Waals surface area contributed by atoms with Crippen molar-refractivity contribution in [3.05, 3.63) is 78.5 Å². The number of imidazole rings is 1. The molecule has 1 saturated carbocycles. The van der Waals surface area contributed by atoms with Crippen molar-refractivity contribution < 1.29 is 14.3 Å². The molecule has 5 rings (SSSR count). The predicted octanol–water partition coefficient (Wildman–Crippen LogP) is 6.40. The van der Waals surface area contributed by atoms with E-state index in [9.17, 15) is 4.79 Å². The Balaban J connectivity index is 1.32. The van der Waals surface area contributed by atoms with Gasteiger partial charge in [-0.05, 0) is 37.1 Å². The molecule has 0 spiro atoms. The lowest BCUT2D eigenvalue weighted by Crippen LogP contribution is -2.34. The topological polar surface area (TPSA) is 139 Å². The van der Waals surface area contributed by atoms with Gasteiger partial charge in [-0.1, -0.05) is 49.6 Å². The van der Waals surface area contributed by atoms with Crippen molar-refractivity contribution in [1.82, 2.24) is 24.8 Å². The summed E-state index contributed by atoms with van der Waals surface area (Å²) in [5.41, 5.74) is 2.48. The molecule has 242 valence electrons. The standard InChI is InChI=1S/C33H40ClN9O3/c1-4-31(44)39-26-18-27(29(45-3)19-25(26)36-15-14-35-22-10-6-5-7-11-22)41-33-38-20-23(34)32(42-33)40-24-12-8-9-13-28(24)46-21-30-37-16-17-43(30)2/h4,8-9,12-13,16-20,22,35-36H,1,5-7,10-11,14-15,21H2,2-3H3,(H,39,44)(H2,38,40,41,42). The van der Waals surface area contributed by atoms with Gasteiger partial charge < -0.3 is 40.6 Å². The summed E-state index contributed by atoms with van der Waals surface area (Å²) in [7, 11) is 3.49. The van der Waals surface area contributed by atoms with Crippen molar-refractivity contribution in [2.75, 3.05) is 41.5 Å². The number of hydrogen-bond donors (Lipinski definition) is 5. The van der Waals surface area contributed by atoms with Crippen LogP contribution in [-0.4, -0.2) is 51.7 Å². The highest BCUT2D eigenvalue weighted by molar-refractivity contribution is 6.33. The fourth-order valence-electron chi connectivity index (χ4n) is 5.20. The van der Waals surface area contributed by atoms with Crippen LogP contribution in [-0.2, 0) is 18.4 Å². The van der Waals surface area contributed by atoms with Crippen LogP contribution in [0.25, 0.3) is 0 Å². The van der Waals surface area contributed by atoms with Crippen LogP contribution in [0.2, 0.25) is 5.02 Å². The van der Waals surface area contributed by atoms with Gasteiger partial charge in [0.2, 0.25) is 11.9 Å². The zero-order chi connectivity index (χ0) is 32.3. The molecule has 0 radical (unpaired) electrons. The van der Waals surface area contributed by atoms with E-state index in [1.54, 1.807) is 19.4 Å². The summed E-state index contributed by atoms with van der Waals surface area (Å²) in [5, 5.41) is 16.7. The molecule has 4 aromatic rings. The maximum Gasteiger partial charge on any atom is 0.247 e. The van der Waals surface area contributed by atoms with Gasteiger partial charge >= 0.3 is 0 Å². The normalized spacial score (nSPS) is 13.1. The van der Waals surface area contributed by atoms with Gasteiger partial charge in [-0.15, -0.1) is 0 Å². The van der Waals surface area contributed by atoms with Crippen molar-refractivity contribution in [2.45, 2.75) is 44.8 Å². The number of amides is 1. The Morgan fingerprint density at radius 2 is 1.87 bits per heavy atom. The number of hydrogen-bond acceptors (Lipinski definition) is 10. The molecule has 0 bridgehead atoms. The Labute approximate surface area is 274 Å². The van der Waals surface area contributed by atoms with Gasteiger partial charge in [-0.2, -0.15) is 4.98 Å². The van der Waals surface area contributed by atoms with Crippen LogP contribution in [0, 0.1) is 0 Å². The molecule has 0 atom stereocenters. The van der Waals surface area contributed by atoms with Crippen LogP contribution < -0.4 is 36.1 Å². The molecule has 5 N–H and O–H groups in total. The number of carbonyl (C=O) groups is 1. The number of para-hydroxylation sites is 2. The number of aromatic nitrogens is 4. The maximum absolute atomic E-state index is 12.3. The molecule has 13 heteroatoms. The summed E-state index contributed by atoms with van der Waals surface area (Å²) in [6.07, 6.45) is 12.6. The van der Waals surface area contributed by atoms with Crippen LogP contribution in [0.15, 0.2) is 67.6 Å². The second-order valence-electron chi connectivity index (χ2n) is 10.9. The van der Waals surface area contributed by atoms with Gasteiger partial charge in [-0.3, -0.25) is 4.79 Å². The summed E-state index contributed by atoms with van der Waals surface area (Å²) >= 11 is 6.50. The second-order valence-corrected chi connectivity index (χ2v) is 11.3. The molecule has 46 heavy (non-hydrogen) atoms. The van der Waals surface area contributed by atoms with Crippen molar-refractivity contribution in [3.8, 4) is 11.5 Å². The zero-order valence-corrected chi connectivity index (χ0v) is 26.9. The van der Waals surface area contributed by atoms with E-state index in [0.29, 0.717) is 64.3 Å². The average Bonchev–Trinajstić information content (AvgIpc) is 3.49. The minimum absolute atomic E-state index is 0.259. The molecule has 1 amide bonds. The minimum Gasteiger partial charge on any atom is -0.494 e. The Morgan fingerprint density at radius 3 is 2.63 bits per heavy atom. The first-order chi connectivity index (χ1) is 22.4. The lowest BCUT2D eigenvalue weighted by atomic mass is 9.95. The van der Waals surface area contributed by atoms with Gasteiger partial charge in [0.25, 0.3) is 0 Å². The summed E-state index contributed by atoms with van der Waals surface area (Å²) in [6.45, 7) is 5.35. The monoisotopic (exact) mass is 645 g/mol. The van der Waals surface area contributed by atoms with Gasteiger partial charge in [-0.25, -0.2) is 9.97 Å². The van der Waals surface area contributed by atoms with E-state index in [4.69, 9.17) is 21.1 Å². The van der Waals surface area contributed by atoms with E-state index < -0.39 is 0 Å². The fourth-order valence-corrected chi connectivity index (χ4v) is 5.33. The average molecular weight is 646 g/mol. The number of anilines is 6. The quantitative estimate of drug-likeness (QED) is 0.0729. The number of halogens is 1. The largest absolute Gasteiger partial charge is 0.494 e. The summed E-state index contributed by atoms with van der Waals surface area (Å²) in [5.74, 6) is 2.22. The van der Waals surface area contributed by atoms with Crippen molar-refractivity contribution in [3.63, 3.8) is 0 Å². The summed E-state index contributed by atoms with van der Waals surface area (Å²) in [4.78, 5) is 25.6. The smallest absolute Gasteiger partial charge is 0.247 e. The highest BCUT2D eigenvalue weighted by atomic mass is 35.5. The summed E-state index contributed by atoms with van der Waals surface area (Å²) < 4.78 is 13.7. The number of nitrogens with zero attached hydrogens (tertiary/aromatic N) is 4. The predicted molar refractivity (Wildman–Crippen MR) is 183 cm³/mol. The lowest BCUT2D eigenvalue weighted by molar-refractivity contribution is -0.111. The Hall–Kier alpha value is -4.81. The molecular weight excluding hydrogens is 606 g/mol. The zero-order valence-electron chi connectivity index (χ0n) is 26.1. The molecule has 1 aliphatic carbocycles. The first-order valence-electron chi connectivity index (χ1n) is 15.3. The first-order valence-corrected chi connectivity index (χ1v) is 15.7. The molecule has 2 aromatic heterocycles. The molecule has 0 saturated heterocycles. The lowest BCUT2D eigenvalue weighted by Gasteiger charge is -2.23. The van der Waals surface area contributed by atoms with Crippen LogP contribution in [0.4, 0.5) is 34.5 Å². The fraction of sp³-hybridized carbons (Fsp3) is 0.333. The number of nitrogens with one attached hydrogen (secondary N) is 5. The highest BCUT2D eigenvalue weighted by Crippen LogP contribution is 2.37. The second kappa shape index (κ2) is 16.0. The Bertz CT molecular complexity index is 1640. The van der Waals surface area contributed by atoms with Crippen LogP contribution in [0.3, 0.4) is 0 Å². The number of benzene rings is 2. The molecule has 1 aliphatic rings. The molecule has 0 aliphatic heterocycles. The van der Waals surface area contributed by atoms with E-state index in [0.717, 1.165) is 12.4 Å². The van der Waals surface area contributed by atoms with Crippen molar-refractivity contribution in [1.29, 1.82) is 0 Å². The van der Waals surface area contributed by atoms with E-state index in [-0.39, 0.29) is 11.9 Å². The highest BCUT2D eigenvalue weighted by Gasteiger charge is 2.16. The van der Waals surface area contributed by atoms with E-state index in [1.165, 1.54) is 44.4 Å². The van der Waals surface area contributed by atoms with E-state index >= 15 is 0 Å². The summed E-state index contributed by atoms with van der Waals surface area (Å²) in [6, 6.07) is 11.6. The number of rotatable bonds is 15. The third-order valence-corrected chi connectivity index (χ3v) is 7.95. The maximum atomic E-state index is 12.3. The van der Waals surface area contributed by atoms with Crippen LogP contribution >= 0.6 is 11.6 Å². The van der Waals surface area contributed by atoms with Crippen LogP contribution in [0.5, 0.6) is 11.5 Å². The Kier molecular flexibility index (Phi) is 11.3. The van der Waals surface area contributed by atoms with Gasteiger partial charge in [0, 0.05) is 44.6 Å². The van der Waals surface area contributed by atoms with E-state index in [1.807, 2.05) is 48.1 Å². The molecule has 0 unspecified atom stereocenters. The molecule has 12 nitrogen and oxygen atoms in total.